The van der Waals surface area contributed by atoms with Gasteiger partial charge in [0.2, 0.25) is 5.91 Å². The van der Waals surface area contributed by atoms with Crippen molar-refractivity contribution in [2.45, 2.75) is 13.8 Å². The van der Waals surface area contributed by atoms with Crippen LogP contribution in [-0.4, -0.2) is 33.2 Å². The highest BCUT2D eigenvalue weighted by Crippen LogP contribution is 2.29. The van der Waals surface area contributed by atoms with Crippen molar-refractivity contribution in [2.75, 3.05) is 32.6 Å². The molecule has 0 heterocycles. The molecule has 1 rings (SSSR count). The molecule has 0 saturated carbocycles. The molecule has 1 unspecified atom stereocenters. The SMILES string of the molecule is CCNCC(C)C(=O)Nc1ccc(OC)c(OC)c1. The molecule has 0 bridgehead atoms. The third kappa shape index (κ3) is 4.44. The van der Waals surface area contributed by atoms with Crippen LogP contribution in [0.4, 0.5) is 5.69 Å². The van der Waals surface area contributed by atoms with Crippen molar-refractivity contribution in [3.63, 3.8) is 0 Å². The number of ether oxygens (including phenoxy) is 2. The van der Waals surface area contributed by atoms with Crippen molar-refractivity contribution >= 4 is 11.6 Å². The Bertz CT molecular complexity index is 421. The molecule has 1 atom stereocenters. The molecule has 0 fully saturated rings. The first kappa shape index (κ1) is 15.3. The summed E-state index contributed by atoms with van der Waals surface area (Å²) in [6, 6.07) is 5.30. The van der Waals surface area contributed by atoms with E-state index in [1.54, 1.807) is 32.4 Å². The Morgan fingerprint density at radius 3 is 2.53 bits per heavy atom. The summed E-state index contributed by atoms with van der Waals surface area (Å²) in [4.78, 5) is 11.9. The van der Waals surface area contributed by atoms with Crippen LogP contribution in [0.2, 0.25) is 0 Å². The maximum atomic E-state index is 11.9. The molecule has 0 spiro atoms. The topological polar surface area (TPSA) is 59.6 Å². The molecule has 2 N–H and O–H groups in total. The lowest BCUT2D eigenvalue weighted by atomic mass is 10.1. The Kier molecular flexibility index (Phi) is 6.15. The van der Waals surface area contributed by atoms with E-state index in [9.17, 15) is 4.79 Å². The van der Waals surface area contributed by atoms with Crippen molar-refractivity contribution < 1.29 is 14.3 Å². The van der Waals surface area contributed by atoms with E-state index in [4.69, 9.17) is 9.47 Å². The summed E-state index contributed by atoms with van der Waals surface area (Å²) in [6.45, 7) is 5.42. The molecule has 0 radical (unpaired) electrons. The summed E-state index contributed by atoms with van der Waals surface area (Å²) in [5, 5.41) is 6.01. The van der Waals surface area contributed by atoms with Gasteiger partial charge in [0, 0.05) is 24.2 Å². The van der Waals surface area contributed by atoms with Crippen LogP contribution >= 0.6 is 0 Å². The standard InChI is InChI=1S/C14H22N2O3/c1-5-15-9-10(2)14(17)16-11-6-7-12(18-3)13(8-11)19-4/h6-8,10,15H,5,9H2,1-4H3,(H,16,17). The third-order valence-electron chi connectivity index (χ3n) is 2.80. The molecule has 0 aromatic heterocycles. The van der Waals surface area contributed by atoms with Gasteiger partial charge in [-0.25, -0.2) is 0 Å². The van der Waals surface area contributed by atoms with Gasteiger partial charge < -0.3 is 20.1 Å². The first-order valence-electron chi connectivity index (χ1n) is 6.36. The van der Waals surface area contributed by atoms with Crippen LogP contribution in [0.3, 0.4) is 0 Å². The van der Waals surface area contributed by atoms with Crippen LogP contribution in [0, 0.1) is 5.92 Å². The summed E-state index contributed by atoms with van der Waals surface area (Å²) in [7, 11) is 3.14. The van der Waals surface area contributed by atoms with Gasteiger partial charge in [-0.3, -0.25) is 4.79 Å². The fourth-order valence-electron chi connectivity index (χ4n) is 1.63. The second-order valence-corrected chi connectivity index (χ2v) is 4.27. The number of hydrogen-bond acceptors (Lipinski definition) is 4. The van der Waals surface area contributed by atoms with Crippen molar-refractivity contribution in [3.05, 3.63) is 18.2 Å². The summed E-state index contributed by atoms with van der Waals surface area (Å²) >= 11 is 0. The minimum Gasteiger partial charge on any atom is -0.493 e. The molecule has 1 aromatic carbocycles. The van der Waals surface area contributed by atoms with E-state index in [-0.39, 0.29) is 11.8 Å². The van der Waals surface area contributed by atoms with Gasteiger partial charge in [-0.2, -0.15) is 0 Å². The number of rotatable bonds is 7. The van der Waals surface area contributed by atoms with Gasteiger partial charge in [0.05, 0.1) is 14.2 Å². The number of nitrogens with one attached hydrogen (secondary N) is 2. The molecule has 1 amide bonds. The summed E-state index contributed by atoms with van der Waals surface area (Å²) in [5.74, 6) is 1.13. The quantitative estimate of drug-likeness (QED) is 0.791. The zero-order chi connectivity index (χ0) is 14.3. The molecule has 1 aromatic rings. The Labute approximate surface area is 114 Å². The Morgan fingerprint density at radius 1 is 1.26 bits per heavy atom. The van der Waals surface area contributed by atoms with E-state index in [1.807, 2.05) is 13.8 Å². The van der Waals surface area contributed by atoms with Gasteiger partial charge in [0.15, 0.2) is 11.5 Å². The van der Waals surface area contributed by atoms with Gasteiger partial charge in [-0.1, -0.05) is 13.8 Å². The molecule has 0 aliphatic carbocycles. The predicted octanol–water partition coefficient (Wildman–Crippen LogP) is 1.89. The minimum absolute atomic E-state index is 0.0202. The smallest absolute Gasteiger partial charge is 0.228 e. The summed E-state index contributed by atoms with van der Waals surface area (Å²) in [5.41, 5.74) is 0.700. The van der Waals surface area contributed by atoms with E-state index >= 15 is 0 Å². The summed E-state index contributed by atoms with van der Waals surface area (Å²) in [6.07, 6.45) is 0. The number of hydrogen-bond donors (Lipinski definition) is 2. The number of anilines is 1. The lowest BCUT2D eigenvalue weighted by molar-refractivity contribution is -0.119. The van der Waals surface area contributed by atoms with E-state index in [2.05, 4.69) is 10.6 Å². The molecular weight excluding hydrogens is 244 g/mol. The van der Waals surface area contributed by atoms with Crippen molar-refractivity contribution in [2.24, 2.45) is 5.92 Å². The van der Waals surface area contributed by atoms with Gasteiger partial charge in [-0.15, -0.1) is 0 Å². The normalized spacial score (nSPS) is 11.8. The van der Waals surface area contributed by atoms with E-state index in [0.717, 1.165) is 6.54 Å². The molecule has 5 heteroatoms. The van der Waals surface area contributed by atoms with Gasteiger partial charge in [0.25, 0.3) is 0 Å². The highest BCUT2D eigenvalue weighted by atomic mass is 16.5. The fraction of sp³-hybridized carbons (Fsp3) is 0.500. The Morgan fingerprint density at radius 2 is 1.95 bits per heavy atom. The van der Waals surface area contributed by atoms with Crippen molar-refractivity contribution in [1.29, 1.82) is 0 Å². The van der Waals surface area contributed by atoms with Crippen LogP contribution < -0.4 is 20.1 Å². The van der Waals surface area contributed by atoms with E-state index in [0.29, 0.717) is 23.7 Å². The van der Waals surface area contributed by atoms with Gasteiger partial charge in [-0.05, 0) is 18.7 Å². The largest absolute Gasteiger partial charge is 0.493 e. The van der Waals surface area contributed by atoms with Crippen LogP contribution in [0.15, 0.2) is 18.2 Å². The van der Waals surface area contributed by atoms with Crippen molar-refractivity contribution in [3.8, 4) is 11.5 Å². The molecular formula is C14H22N2O3. The first-order valence-corrected chi connectivity index (χ1v) is 6.36. The van der Waals surface area contributed by atoms with Gasteiger partial charge in [0.1, 0.15) is 0 Å². The summed E-state index contributed by atoms with van der Waals surface area (Å²) < 4.78 is 10.3. The number of carbonyl (C=O) groups excluding carboxylic acids is 1. The number of methoxy groups -OCH3 is 2. The number of carbonyl (C=O) groups is 1. The second kappa shape index (κ2) is 7.63. The fourth-order valence-corrected chi connectivity index (χ4v) is 1.63. The maximum Gasteiger partial charge on any atom is 0.228 e. The maximum absolute atomic E-state index is 11.9. The van der Waals surface area contributed by atoms with Gasteiger partial charge >= 0.3 is 0 Å². The van der Waals surface area contributed by atoms with Crippen LogP contribution in [0.5, 0.6) is 11.5 Å². The second-order valence-electron chi connectivity index (χ2n) is 4.27. The Hall–Kier alpha value is -1.75. The highest BCUT2D eigenvalue weighted by Gasteiger charge is 2.13. The molecule has 0 saturated heterocycles. The zero-order valence-corrected chi connectivity index (χ0v) is 11.9. The molecule has 19 heavy (non-hydrogen) atoms. The van der Waals surface area contributed by atoms with E-state index in [1.165, 1.54) is 0 Å². The first-order chi connectivity index (χ1) is 9.12. The number of amides is 1. The molecule has 5 nitrogen and oxygen atoms in total. The Balaban J connectivity index is 2.69. The molecule has 106 valence electrons. The van der Waals surface area contributed by atoms with Crippen molar-refractivity contribution in [1.82, 2.24) is 5.32 Å². The van der Waals surface area contributed by atoms with E-state index < -0.39 is 0 Å². The average Bonchev–Trinajstić information content (AvgIpc) is 2.44. The lowest BCUT2D eigenvalue weighted by Crippen LogP contribution is -2.30. The average molecular weight is 266 g/mol. The lowest BCUT2D eigenvalue weighted by Gasteiger charge is -2.14. The van der Waals surface area contributed by atoms with Crippen LogP contribution in [-0.2, 0) is 4.79 Å². The molecule has 0 aliphatic heterocycles. The predicted molar refractivity (Wildman–Crippen MR) is 75.9 cm³/mol. The minimum atomic E-state index is -0.0898. The highest BCUT2D eigenvalue weighted by molar-refractivity contribution is 5.92. The molecule has 0 aliphatic rings. The monoisotopic (exact) mass is 266 g/mol. The zero-order valence-electron chi connectivity index (χ0n) is 11.9. The number of benzene rings is 1. The van der Waals surface area contributed by atoms with Crippen LogP contribution in [0.1, 0.15) is 13.8 Å². The van der Waals surface area contributed by atoms with Crippen LogP contribution in [0.25, 0.3) is 0 Å². The third-order valence-corrected chi connectivity index (χ3v) is 2.80.